The van der Waals surface area contributed by atoms with Crippen LogP contribution in [0.5, 0.6) is 0 Å². The van der Waals surface area contributed by atoms with Gasteiger partial charge in [0.05, 0.1) is 12.5 Å². The van der Waals surface area contributed by atoms with Gasteiger partial charge in [0.1, 0.15) is 5.60 Å². The first-order valence-electron chi connectivity index (χ1n) is 8.92. The lowest BCUT2D eigenvalue weighted by molar-refractivity contribution is -0.149. The van der Waals surface area contributed by atoms with E-state index in [9.17, 15) is 9.59 Å². The Kier molecular flexibility index (Phi) is 5.79. The van der Waals surface area contributed by atoms with Gasteiger partial charge in [-0.2, -0.15) is 0 Å². The Morgan fingerprint density at radius 1 is 1.15 bits per heavy atom. The molecule has 5 nitrogen and oxygen atoms in total. The van der Waals surface area contributed by atoms with Gasteiger partial charge in [-0.3, -0.25) is 4.79 Å². The summed E-state index contributed by atoms with van der Waals surface area (Å²) in [6.45, 7) is 12.4. The first-order valence-corrected chi connectivity index (χ1v) is 8.92. The van der Waals surface area contributed by atoms with Crippen molar-refractivity contribution in [3.8, 4) is 0 Å². The third-order valence-electron chi connectivity index (χ3n) is 4.75. The van der Waals surface area contributed by atoms with Gasteiger partial charge in [0.15, 0.2) is 0 Å². The molecule has 0 unspecified atom stereocenters. The van der Waals surface area contributed by atoms with Crippen molar-refractivity contribution >= 4 is 17.6 Å². The molecule has 1 amide bonds. The van der Waals surface area contributed by atoms with Crippen LogP contribution >= 0.6 is 0 Å². The average Bonchev–Trinajstić information content (AvgIpc) is 2.59. The van der Waals surface area contributed by atoms with Gasteiger partial charge in [0, 0.05) is 13.1 Å². The summed E-state index contributed by atoms with van der Waals surface area (Å²) in [5.41, 5.74) is 1.47. The van der Waals surface area contributed by atoms with Crippen molar-refractivity contribution in [3.63, 3.8) is 0 Å². The molecule has 1 heterocycles. The molecular formula is C21H29NO4. The number of nitrogens with zero attached hydrogens (tertiary/aromatic N) is 1. The average molecular weight is 359 g/mol. The van der Waals surface area contributed by atoms with E-state index in [0.717, 1.165) is 16.7 Å². The molecule has 142 valence electrons. The molecule has 0 radical (unpaired) electrons. The van der Waals surface area contributed by atoms with E-state index in [-0.39, 0.29) is 12.1 Å². The predicted octanol–water partition coefficient (Wildman–Crippen LogP) is 4.16. The molecule has 1 aromatic rings. The van der Waals surface area contributed by atoms with E-state index in [1.54, 1.807) is 4.90 Å². The fourth-order valence-corrected chi connectivity index (χ4v) is 3.45. The molecule has 2 rings (SSSR count). The highest BCUT2D eigenvalue weighted by Crippen LogP contribution is 2.40. The number of carbonyl (C=O) groups is 2. The van der Waals surface area contributed by atoms with Crippen molar-refractivity contribution in [1.82, 2.24) is 4.90 Å². The van der Waals surface area contributed by atoms with E-state index in [1.807, 2.05) is 52.0 Å². The number of methoxy groups -OCH3 is 1. The number of benzene rings is 1. The maximum absolute atomic E-state index is 12.8. The van der Waals surface area contributed by atoms with Gasteiger partial charge in [0.25, 0.3) is 0 Å². The largest absolute Gasteiger partial charge is 0.468 e. The van der Waals surface area contributed by atoms with E-state index >= 15 is 0 Å². The highest BCUT2D eigenvalue weighted by Gasteiger charge is 2.46. The first kappa shape index (κ1) is 20.0. The summed E-state index contributed by atoms with van der Waals surface area (Å²) in [5.74, 6) is -0.268. The minimum Gasteiger partial charge on any atom is -0.468 e. The molecule has 1 aromatic carbocycles. The predicted molar refractivity (Wildman–Crippen MR) is 102 cm³/mol. The summed E-state index contributed by atoms with van der Waals surface area (Å²) in [6.07, 6.45) is 0.635. The van der Waals surface area contributed by atoms with Crippen LogP contribution in [0.3, 0.4) is 0 Å². The van der Waals surface area contributed by atoms with Gasteiger partial charge in [0.2, 0.25) is 0 Å². The zero-order valence-corrected chi connectivity index (χ0v) is 16.4. The molecule has 0 atom stereocenters. The Labute approximate surface area is 156 Å². The number of hydrogen-bond donors (Lipinski definition) is 0. The molecule has 0 aromatic heterocycles. The highest BCUT2D eigenvalue weighted by atomic mass is 16.6. The quantitative estimate of drug-likeness (QED) is 0.761. The standard InChI is InChI=1S/C21H29NO4/c1-15(2)16-9-7-8-10-17(16)21(18(23)25-6)11-13-22(14-12-21)19(24)26-20(3,4)5/h7-10H,1,11-14H2,2-6H3. The Morgan fingerprint density at radius 3 is 2.23 bits per heavy atom. The fraction of sp³-hybridized carbons (Fsp3) is 0.524. The summed E-state index contributed by atoms with van der Waals surface area (Å²) in [4.78, 5) is 26.8. The molecule has 0 saturated carbocycles. The lowest BCUT2D eigenvalue weighted by Crippen LogP contribution is -2.50. The van der Waals surface area contributed by atoms with E-state index in [4.69, 9.17) is 9.47 Å². The Hall–Kier alpha value is -2.30. The minimum atomic E-state index is -0.775. The Morgan fingerprint density at radius 2 is 1.73 bits per heavy atom. The molecule has 1 saturated heterocycles. The number of carbonyl (C=O) groups excluding carboxylic acids is 2. The maximum Gasteiger partial charge on any atom is 0.410 e. The van der Waals surface area contributed by atoms with Crippen molar-refractivity contribution < 1.29 is 19.1 Å². The number of likely N-dealkylation sites (tertiary alicyclic amines) is 1. The second-order valence-electron chi connectivity index (χ2n) is 7.87. The molecule has 26 heavy (non-hydrogen) atoms. The summed E-state index contributed by atoms with van der Waals surface area (Å²) in [5, 5.41) is 0. The van der Waals surface area contributed by atoms with Gasteiger partial charge >= 0.3 is 12.1 Å². The van der Waals surface area contributed by atoms with E-state index in [0.29, 0.717) is 25.9 Å². The monoisotopic (exact) mass is 359 g/mol. The highest BCUT2D eigenvalue weighted by molar-refractivity contribution is 5.86. The van der Waals surface area contributed by atoms with Crippen molar-refractivity contribution in [2.45, 2.75) is 51.6 Å². The third-order valence-corrected chi connectivity index (χ3v) is 4.75. The van der Waals surface area contributed by atoms with E-state index < -0.39 is 11.0 Å². The summed E-state index contributed by atoms with van der Waals surface area (Å²) in [6, 6.07) is 7.80. The Bertz CT molecular complexity index is 694. The number of amides is 1. The smallest absolute Gasteiger partial charge is 0.410 e. The fourth-order valence-electron chi connectivity index (χ4n) is 3.45. The molecule has 1 aliphatic rings. The van der Waals surface area contributed by atoms with Crippen molar-refractivity contribution in [1.29, 1.82) is 0 Å². The van der Waals surface area contributed by atoms with Crippen LogP contribution in [-0.2, 0) is 19.7 Å². The second-order valence-corrected chi connectivity index (χ2v) is 7.87. The van der Waals surface area contributed by atoms with Gasteiger partial charge in [-0.1, -0.05) is 36.4 Å². The van der Waals surface area contributed by atoms with E-state index in [2.05, 4.69) is 6.58 Å². The van der Waals surface area contributed by atoms with Crippen LogP contribution in [0.4, 0.5) is 4.79 Å². The van der Waals surface area contributed by atoms with Gasteiger partial charge < -0.3 is 14.4 Å². The van der Waals surface area contributed by atoms with Crippen LogP contribution in [0.25, 0.3) is 5.57 Å². The van der Waals surface area contributed by atoms with Crippen molar-refractivity contribution in [2.75, 3.05) is 20.2 Å². The molecule has 0 spiro atoms. The normalized spacial score (nSPS) is 16.7. The Balaban J connectivity index is 2.31. The molecule has 1 aliphatic heterocycles. The number of esters is 1. The van der Waals surface area contributed by atoms with Crippen LogP contribution in [0.2, 0.25) is 0 Å². The van der Waals surface area contributed by atoms with Crippen LogP contribution in [-0.4, -0.2) is 42.8 Å². The molecule has 0 aliphatic carbocycles. The topological polar surface area (TPSA) is 55.8 Å². The number of hydrogen-bond acceptors (Lipinski definition) is 4. The summed E-state index contributed by atoms with van der Waals surface area (Å²) < 4.78 is 10.6. The molecule has 0 bridgehead atoms. The lowest BCUT2D eigenvalue weighted by Gasteiger charge is -2.41. The number of rotatable bonds is 3. The molecule has 5 heteroatoms. The van der Waals surface area contributed by atoms with Gasteiger partial charge in [-0.15, -0.1) is 0 Å². The maximum atomic E-state index is 12.8. The zero-order valence-electron chi connectivity index (χ0n) is 16.4. The number of piperidine rings is 1. The van der Waals surface area contributed by atoms with Crippen molar-refractivity contribution in [3.05, 3.63) is 42.0 Å². The van der Waals surface area contributed by atoms with Crippen molar-refractivity contribution in [2.24, 2.45) is 0 Å². The van der Waals surface area contributed by atoms with Gasteiger partial charge in [-0.05, 0) is 51.7 Å². The zero-order chi connectivity index (χ0) is 19.5. The number of allylic oxidation sites excluding steroid dienone is 1. The van der Waals surface area contributed by atoms with Crippen LogP contribution in [0.15, 0.2) is 30.8 Å². The van der Waals surface area contributed by atoms with Gasteiger partial charge in [-0.25, -0.2) is 4.79 Å². The SMILES string of the molecule is C=C(C)c1ccccc1C1(C(=O)OC)CCN(C(=O)OC(C)(C)C)CC1. The van der Waals surface area contributed by atoms with Crippen LogP contribution in [0.1, 0.15) is 51.7 Å². The molecule has 0 N–H and O–H groups in total. The van der Waals surface area contributed by atoms with Crippen LogP contribution < -0.4 is 0 Å². The second kappa shape index (κ2) is 7.52. The number of ether oxygens (including phenoxy) is 2. The summed E-state index contributed by atoms with van der Waals surface area (Å²) >= 11 is 0. The first-order chi connectivity index (χ1) is 12.1. The lowest BCUT2D eigenvalue weighted by atomic mass is 9.70. The third kappa shape index (κ3) is 4.09. The molecule has 1 fully saturated rings. The van der Waals surface area contributed by atoms with Crippen LogP contribution in [0, 0.1) is 0 Å². The summed E-state index contributed by atoms with van der Waals surface area (Å²) in [7, 11) is 1.41. The van der Waals surface area contributed by atoms with E-state index in [1.165, 1.54) is 7.11 Å². The minimum absolute atomic E-state index is 0.268. The molecular weight excluding hydrogens is 330 g/mol.